The van der Waals surface area contributed by atoms with E-state index in [1.165, 1.54) is 16.7 Å². The van der Waals surface area contributed by atoms with Crippen molar-refractivity contribution in [1.82, 2.24) is 5.32 Å². The average molecular weight is 405 g/mol. The van der Waals surface area contributed by atoms with Crippen LogP contribution in [0, 0.1) is 6.92 Å². The number of carboxylic acid groups (broad SMARTS) is 1. The maximum absolute atomic E-state index is 11.0. The third-order valence-corrected chi connectivity index (χ3v) is 5.15. The highest BCUT2D eigenvalue weighted by molar-refractivity contribution is 5.72. The zero-order chi connectivity index (χ0) is 21.5. The first-order valence-corrected chi connectivity index (χ1v) is 9.89. The minimum atomic E-state index is -0.887. The summed E-state index contributed by atoms with van der Waals surface area (Å²) >= 11 is 0. The Kier molecular flexibility index (Phi) is 7.09. The summed E-state index contributed by atoms with van der Waals surface area (Å²) in [5.41, 5.74) is 5.57. The molecule has 0 spiro atoms. The molecule has 3 aromatic carbocycles. The summed E-state index contributed by atoms with van der Waals surface area (Å²) in [6, 6.07) is 21.5. The van der Waals surface area contributed by atoms with Crippen LogP contribution in [0.15, 0.2) is 66.7 Å². The van der Waals surface area contributed by atoms with E-state index in [1.54, 1.807) is 14.0 Å². The first kappa shape index (κ1) is 21.4. The Hall–Kier alpha value is -3.31. The number of hydrogen-bond acceptors (Lipinski definition) is 4. The summed E-state index contributed by atoms with van der Waals surface area (Å²) in [4.78, 5) is 11.0. The van der Waals surface area contributed by atoms with E-state index >= 15 is 0 Å². The molecule has 0 radical (unpaired) electrons. The Morgan fingerprint density at radius 3 is 2.50 bits per heavy atom. The van der Waals surface area contributed by atoms with Crippen molar-refractivity contribution < 1.29 is 19.4 Å². The molecule has 1 atom stereocenters. The van der Waals surface area contributed by atoms with Gasteiger partial charge < -0.3 is 19.9 Å². The highest BCUT2D eigenvalue weighted by atomic mass is 16.5. The van der Waals surface area contributed by atoms with Gasteiger partial charge in [-0.05, 0) is 42.2 Å². The summed E-state index contributed by atoms with van der Waals surface area (Å²) in [7, 11) is 1.59. The van der Waals surface area contributed by atoms with Crippen molar-refractivity contribution in [2.45, 2.75) is 33.0 Å². The molecular formula is C25H27NO4. The molecule has 0 heterocycles. The molecule has 0 bridgehead atoms. The molecule has 5 heteroatoms. The molecule has 0 aromatic heterocycles. The van der Waals surface area contributed by atoms with Crippen molar-refractivity contribution in [3.05, 3.63) is 83.4 Å². The van der Waals surface area contributed by atoms with Crippen molar-refractivity contribution in [3.8, 4) is 22.6 Å². The van der Waals surface area contributed by atoms with Gasteiger partial charge in [0, 0.05) is 18.2 Å². The number of rotatable bonds is 9. The number of nitrogens with one attached hydrogen (secondary N) is 1. The van der Waals surface area contributed by atoms with Crippen LogP contribution in [0.3, 0.4) is 0 Å². The lowest BCUT2D eigenvalue weighted by Crippen LogP contribution is -2.33. The summed E-state index contributed by atoms with van der Waals surface area (Å²) in [6.45, 7) is 4.57. The molecule has 30 heavy (non-hydrogen) atoms. The Labute approximate surface area is 177 Å². The van der Waals surface area contributed by atoms with E-state index in [1.807, 2.05) is 42.5 Å². The second-order valence-corrected chi connectivity index (χ2v) is 7.16. The zero-order valence-corrected chi connectivity index (χ0v) is 17.5. The Bertz CT molecular complexity index is 1000. The molecule has 0 saturated carbocycles. The second kappa shape index (κ2) is 9.94. The molecule has 3 rings (SSSR count). The van der Waals surface area contributed by atoms with E-state index in [0.717, 1.165) is 11.1 Å². The Balaban J connectivity index is 1.71. The van der Waals surface area contributed by atoms with Crippen molar-refractivity contribution >= 4 is 5.97 Å². The fourth-order valence-electron chi connectivity index (χ4n) is 3.24. The van der Waals surface area contributed by atoms with E-state index in [4.69, 9.17) is 14.6 Å². The number of benzene rings is 3. The predicted octanol–water partition coefficient (Wildman–Crippen LogP) is 4.81. The third-order valence-electron chi connectivity index (χ3n) is 5.15. The average Bonchev–Trinajstić information content (AvgIpc) is 2.77. The van der Waals surface area contributed by atoms with Gasteiger partial charge in [-0.1, -0.05) is 54.6 Å². The van der Waals surface area contributed by atoms with Crippen molar-refractivity contribution in [1.29, 1.82) is 0 Å². The highest BCUT2D eigenvalue weighted by Gasteiger charge is 2.12. The van der Waals surface area contributed by atoms with Gasteiger partial charge in [-0.2, -0.15) is 0 Å². The van der Waals surface area contributed by atoms with Gasteiger partial charge in [0.05, 0.1) is 7.11 Å². The Morgan fingerprint density at radius 2 is 1.80 bits per heavy atom. The lowest BCUT2D eigenvalue weighted by Gasteiger charge is -2.15. The molecule has 0 aliphatic heterocycles. The van der Waals surface area contributed by atoms with Gasteiger partial charge in [0.15, 0.2) is 0 Å². The molecule has 5 nitrogen and oxygen atoms in total. The molecule has 0 saturated heterocycles. The summed E-state index contributed by atoms with van der Waals surface area (Å²) in [5, 5.41) is 12.0. The smallest absolute Gasteiger partial charge is 0.320 e. The van der Waals surface area contributed by atoms with Crippen LogP contribution in [-0.2, 0) is 17.9 Å². The number of methoxy groups -OCH3 is 1. The van der Waals surface area contributed by atoms with Gasteiger partial charge in [0.2, 0.25) is 0 Å². The SMILES string of the molecule is COc1cc(OCc2cccc(-c3ccccc3)c2C)ccc1CN[C@@H](C)C(=O)O. The highest BCUT2D eigenvalue weighted by Crippen LogP contribution is 2.28. The van der Waals surface area contributed by atoms with Gasteiger partial charge in [-0.15, -0.1) is 0 Å². The number of hydrogen-bond donors (Lipinski definition) is 2. The first-order chi connectivity index (χ1) is 14.5. The van der Waals surface area contributed by atoms with Crippen LogP contribution in [0.4, 0.5) is 0 Å². The van der Waals surface area contributed by atoms with Crippen LogP contribution in [-0.4, -0.2) is 24.2 Å². The number of aliphatic carboxylic acids is 1. The second-order valence-electron chi connectivity index (χ2n) is 7.16. The normalized spacial score (nSPS) is 11.7. The van der Waals surface area contributed by atoms with Crippen molar-refractivity contribution in [2.24, 2.45) is 0 Å². The fraction of sp³-hybridized carbons (Fsp3) is 0.240. The van der Waals surface area contributed by atoms with Crippen molar-refractivity contribution in [3.63, 3.8) is 0 Å². The molecule has 156 valence electrons. The molecule has 0 amide bonds. The van der Waals surface area contributed by atoms with E-state index in [-0.39, 0.29) is 0 Å². The zero-order valence-electron chi connectivity index (χ0n) is 17.5. The van der Waals surface area contributed by atoms with Crippen molar-refractivity contribution in [2.75, 3.05) is 7.11 Å². The minimum Gasteiger partial charge on any atom is -0.496 e. The van der Waals surface area contributed by atoms with Gasteiger partial charge in [-0.25, -0.2) is 0 Å². The van der Waals surface area contributed by atoms with E-state index in [9.17, 15) is 4.79 Å². The number of carboxylic acids is 1. The maximum atomic E-state index is 11.0. The van der Waals surface area contributed by atoms with E-state index in [0.29, 0.717) is 24.7 Å². The summed E-state index contributed by atoms with van der Waals surface area (Å²) < 4.78 is 11.5. The first-order valence-electron chi connectivity index (χ1n) is 9.89. The van der Waals surface area contributed by atoms with Crippen LogP contribution in [0.1, 0.15) is 23.6 Å². The lowest BCUT2D eigenvalue weighted by atomic mass is 9.97. The molecule has 0 fully saturated rings. The summed E-state index contributed by atoms with van der Waals surface area (Å²) in [6.07, 6.45) is 0. The predicted molar refractivity (Wildman–Crippen MR) is 118 cm³/mol. The molecular weight excluding hydrogens is 378 g/mol. The molecule has 0 aliphatic carbocycles. The minimum absolute atomic E-state index is 0.398. The van der Waals surface area contributed by atoms with E-state index in [2.05, 4.69) is 36.5 Å². The maximum Gasteiger partial charge on any atom is 0.320 e. The fourth-order valence-corrected chi connectivity index (χ4v) is 3.24. The molecule has 0 aliphatic rings. The molecule has 2 N–H and O–H groups in total. The third kappa shape index (κ3) is 5.19. The largest absolute Gasteiger partial charge is 0.496 e. The monoisotopic (exact) mass is 405 g/mol. The standard InChI is InChI=1S/C25H27NO4/c1-17-21(10-7-11-23(17)19-8-5-4-6-9-19)16-30-22-13-12-20(24(14-22)29-3)15-26-18(2)25(27)28/h4-14,18,26H,15-16H2,1-3H3,(H,27,28)/t18-/m0/s1. The van der Waals surface area contributed by atoms with Crippen LogP contribution in [0.5, 0.6) is 11.5 Å². The summed E-state index contributed by atoms with van der Waals surface area (Å²) in [5.74, 6) is 0.473. The van der Waals surface area contributed by atoms with Gasteiger partial charge in [-0.3, -0.25) is 4.79 Å². The van der Waals surface area contributed by atoms with Crippen LogP contribution in [0.2, 0.25) is 0 Å². The Morgan fingerprint density at radius 1 is 1.03 bits per heavy atom. The topological polar surface area (TPSA) is 67.8 Å². The van der Waals surface area contributed by atoms with Crippen LogP contribution < -0.4 is 14.8 Å². The van der Waals surface area contributed by atoms with Gasteiger partial charge >= 0.3 is 5.97 Å². The molecule has 3 aromatic rings. The number of carbonyl (C=O) groups is 1. The van der Waals surface area contributed by atoms with Crippen LogP contribution >= 0.6 is 0 Å². The molecule has 0 unspecified atom stereocenters. The van der Waals surface area contributed by atoms with Gasteiger partial charge in [0.1, 0.15) is 24.1 Å². The lowest BCUT2D eigenvalue weighted by molar-refractivity contribution is -0.139. The van der Waals surface area contributed by atoms with Gasteiger partial charge in [0.25, 0.3) is 0 Å². The van der Waals surface area contributed by atoms with Crippen LogP contribution in [0.25, 0.3) is 11.1 Å². The van der Waals surface area contributed by atoms with E-state index < -0.39 is 12.0 Å². The quantitative estimate of drug-likeness (QED) is 0.535. The number of ether oxygens (including phenoxy) is 2.